The van der Waals surface area contributed by atoms with E-state index in [1.165, 1.54) is 6.07 Å². The lowest BCUT2D eigenvalue weighted by Crippen LogP contribution is -1.93. The number of aryl methyl sites for hydroxylation is 1. The van der Waals surface area contributed by atoms with Gasteiger partial charge in [-0.15, -0.1) is 0 Å². The van der Waals surface area contributed by atoms with Crippen LogP contribution in [0.5, 0.6) is 0 Å². The van der Waals surface area contributed by atoms with Crippen LogP contribution in [0.4, 0.5) is 8.78 Å². The van der Waals surface area contributed by atoms with Gasteiger partial charge >= 0.3 is 0 Å². The molecular weight excluding hydrogens is 260 g/mol. The first-order chi connectivity index (χ1) is 9.60. The van der Waals surface area contributed by atoms with Crippen LogP contribution < -0.4 is 0 Å². The summed E-state index contributed by atoms with van der Waals surface area (Å²) in [7, 11) is 0. The molecular formula is C16H11F2NO. The number of halogens is 2. The molecule has 0 aliphatic carbocycles. The van der Waals surface area contributed by atoms with Crippen LogP contribution in [0.25, 0.3) is 16.6 Å². The van der Waals surface area contributed by atoms with E-state index in [-0.39, 0.29) is 0 Å². The van der Waals surface area contributed by atoms with Crippen LogP contribution in [-0.4, -0.2) is 10.7 Å². The van der Waals surface area contributed by atoms with Gasteiger partial charge in [0, 0.05) is 17.3 Å². The van der Waals surface area contributed by atoms with Crippen molar-refractivity contribution in [1.82, 2.24) is 4.40 Å². The average Bonchev–Trinajstić information content (AvgIpc) is 2.79. The minimum absolute atomic E-state index is 0.426. The third kappa shape index (κ3) is 1.90. The Morgan fingerprint density at radius 1 is 1.05 bits per heavy atom. The Morgan fingerprint density at radius 2 is 1.85 bits per heavy atom. The molecule has 0 saturated heterocycles. The third-order valence-electron chi connectivity index (χ3n) is 3.30. The quantitative estimate of drug-likeness (QED) is 0.645. The normalized spacial score (nSPS) is 10.9. The smallest absolute Gasteiger partial charge is 0.167 e. The SMILES string of the molecule is Cc1ccc2cc(-c3ccc(F)c(F)c3)c(C=O)n2c1. The van der Waals surface area contributed by atoms with E-state index >= 15 is 0 Å². The Bertz CT molecular complexity index is 821. The van der Waals surface area contributed by atoms with E-state index in [9.17, 15) is 13.6 Å². The molecule has 0 bridgehead atoms. The Hall–Kier alpha value is -2.49. The molecule has 0 saturated carbocycles. The fourth-order valence-corrected chi connectivity index (χ4v) is 2.31. The molecule has 2 heterocycles. The third-order valence-corrected chi connectivity index (χ3v) is 3.30. The van der Waals surface area contributed by atoms with E-state index in [0.29, 0.717) is 16.8 Å². The zero-order valence-electron chi connectivity index (χ0n) is 10.7. The second kappa shape index (κ2) is 4.56. The molecule has 2 aromatic heterocycles. The lowest BCUT2D eigenvalue weighted by molar-refractivity contribution is 0.111. The topological polar surface area (TPSA) is 21.5 Å². The van der Waals surface area contributed by atoms with Crippen molar-refractivity contribution < 1.29 is 13.6 Å². The lowest BCUT2D eigenvalue weighted by atomic mass is 10.1. The maximum Gasteiger partial charge on any atom is 0.167 e. The molecule has 4 heteroatoms. The maximum atomic E-state index is 13.4. The first kappa shape index (κ1) is 12.5. The summed E-state index contributed by atoms with van der Waals surface area (Å²) in [4.78, 5) is 11.4. The number of aromatic nitrogens is 1. The highest BCUT2D eigenvalue weighted by molar-refractivity contribution is 5.89. The molecule has 2 nitrogen and oxygen atoms in total. The zero-order chi connectivity index (χ0) is 14.3. The molecule has 20 heavy (non-hydrogen) atoms. The number of pyridine rings is 1. The number of hydrogen-bond acceptors (Lipinski definition) is 1. The molecule has 0 N–H and O–H groups in total. The van der Waals surface area contributed by atoms with Gasteiger partial charge in [-0.1, -0.05) is 12.1 Å². The van der Waals surface area contributed by atoms with Gasteiger partial charge in [0.2, 0.25) is 0 Å². The highest BCUT2D eigenvalue weighted by Crippen LogP contribution is 2.28. The predicted molar refractivity (Wildman–Crippen MR) is 72.9 cm³/mol. The fourth-order valence-electron chi connectivity index (χ4n) is 2.31. The Morgan fingerprint density at radius 3 is 2.55 bits per heavy atom. The Labute approximate surface area is 114 Å². The lowest BCUT2D eigenvalue weighted by Gasteiger charge is -2.02. The van der Waals surface area contributed by atoms with Gasteiger partial charge in [0.05, 0.1) is 5.69 Å². The van der Waals surface area contributed by atoms with Gasteiger partial charge in [-0.05, 0) is 42.3 Å². The summed E-state index contributed by atoms with van der Waals surface area (Å²) in [6, 6.07) is 9.23. The fraction of sp³-hybridized carbons (Fsp3) is 0.0625. The van der Waals surface area contributed by atoms with Gasteiger partial charge in [0.25, 0.3) is 0 Å². The first-order valence-corrected chi connectivity index (χ1v) is 6.12. The number of rotatable bonds is 2. The summed E-state index contributed by atoms with van der Waals surface area (Å²) in [5, 5.41) is 0. The summed E-state index contributed by atoms with van der Waals surface area (Å²) in [5.41, 5.74) is 3.33. The summed E-state index contributed by atoms with van der Waals surface area (Å²) in [6.45, 7) is 1.92. The monoisotopic (exact) mass is 271 g/mol. The number of carbonyl (C=O) groups excluding carboxylic acids is 1. The summed E-state index contributed by atoms with van der Waals surface area (Å²) >= 11 is 0. The Kier molecular flexibility index (Phi) is 2.86. The molecule has 3 rings (SSSR count). The van der Waals surface area contributed by atoms with E-state index in [2.05, 4.69) is 0 Å². The van der Waals surface area contributed by atoms with Gasteiger partial charge in [-0.2, -0.15) is 0 Å². The minimum Gasteiger partial charge on any atom is -0.313 e. The second-order valence-corrected chi connectivity index (χ2v) is 4.69. The van der Waals surface area contributed by atoms with Crippen LogP contribution in [-0.2, 0) is 0 Å². The van der Waals surface area contributed by atoms with Gasteiger partial charge in [-0.3, -0.25) is 4.79 Å². The number of hydrogen-bond donors (Lipinski definition) is 0. The van der Waals surface area contributed by atoms with Crippen molar-refractivity contribution in [3.8, 4) is 11.1 Å². The molecule has 1 aromatic carbocycles. The van der Waals surface area contributed by atoms with Crippen molar-refractivity contribution >= 4 is 11.8 Å². The van der Waals surface area contributed by atoms with Crippen molar-refractivity contribution in [3.05, 3.63) is 65.5 Å². The van der Waals surface area contributed by atoms with Crippen LogP contribution in [0.3, 0.4) is 0 Å². The first-order valence-electron chi connectivity index (χ1n) is 6.12. The van der Waals surface area contributed by atoms with Gasteiger partial charge in [0.1, 0.15) is 0 Å². The van der Waals surface area contributed by atoms with Gasteiger partial charge < -0.3 is 4.40 Å². The molecule has 0 fully saturated rings. The molecule has 0 atom stereocenters. The predicted octanol–water partition coefficient (Wildman–Crippen LogP) is 4.01. The number of benzene rings is 1. The van der Waals surface area contributed by atoms with Gasteiger partial charge in [-0.25, -0.2) is 8.78 Å². The molecule has 3 aromatic rings. The molecule has 0 unspecified atom stereocenters. The van der Waals surface area contributed by atoms with E-state index < -0.39 is 11.6 Å². The molecule has 0 aliphatic heterocycles. The van der Waals surface area contributed by atoms with Crippen molar-refractivity contribution in [1.29, 1.82) is 0 Å². The van der Waals surface area contributed by atoms with Crippen molar-refractivity contribution in [2.24, 2.45) is 0 Å². The minimum atomic E-state index is -0.925. The molecule has 0 spiro atoms. The van der Waals surface area contributed by atoms with Crippen molar-refractivity contribution in [2.75, 3.05) is 0 Å². The number of carbonyl (C=O) groups is 1. The van der Waals surface area contributed by atoms with Crippen LogP contribution >= 0.6 is 0 Å². The highest BCUT2D eigenvalue weighted by atomic mass is 19.2. The summed E-state index contributed by atoms with van der Waals surface area (Å²) in [5.74, 6) is -1.83. The van der Waals surface area contributed by atoms with Crippen LogP contribution in [0.1, 0.15) is 16.1 Å². The zero-order valence-corrected chi connectivity index (χ0v) is 10.7. The van der Waals surface area contributed by atoms with Crippen molar-refractivity contribution in [3.63, 3.8) is 0 Å². The number of fused-ring (bicyclic) bond motifs is 1. The molecule has 0 amide bonds. The van der Waals surface area contributed by atoms with Gasteiger partial charge in [0.15, 0.2) is 17.9 Å². The second-order valence-electron chi connectivity index (χ2n) is 4.69. The van der Waals surface area contributed by atoms with Crippen LogP contribution in [0.2, 0.25) is 0 Å². The van der Waals surface area contributed by atoms with Crippen molar-refractivity contribution in [2.45, 2.75) is 6.92 Å². The average molecular weight is 271 g/mol. The van der Waals surface area contributed by atoms with E-state index in [1.807, 2.05) is 25.3 Å². The van der Waals surface area contributed by atoms with E-state index in [1.54, 1.807) is 10.5 Å². The van der Waals surface area contributed by atoms with Crippen LogP contribution in [0.15, 0.2) is 42.6 Å². The summed E-state index contributed by atoms with van der Waals surface area (Å²) in [6.07, 6.45) is 2.56. The standard InChI is InChI=1S/C16H11F2NO/c1-10-2-4-12-7-13(16(9-20)19(12)8-10)11-3-5-14(17)15(18)6-11/h2-9H,1H3. The number of nitrogens with zero attached hydrogens (tertiary/aromatic N) is 1. The molecule has 0 aliphatic rings. The van der Waals surface area contributed by atoms with E-state index in [4.69, 9.17) is 0 Å². The Balaban J connectivity index is 2.30. The summed E-state index contributed by atoms with van der Waals surface area (Å²) < 4.78 is 28.1. The maximum absolute atomic E-state index is 13.4. The highest BCUT2D eigenvalue weighted by Gasteiger charge is 2.13. The van der Waals surface area contributed by atoms with E-state index in [0.717, 1.165) is 29.5 Å². The molecule has 0 radical (unpaired) electrons. The van der Waals surface area contributed by atoms with Crippen LogP contribution in [0, 0.1) is 18.6 Å². The number of aldehydes is 1. The largest absolute Gasteiger partial charge is 0.313 e. The molecule has 100 valence electrons.